The fraction of sp³-hybridized carbons (Fsp3) is 0.333. The van der Waals surface area contributed by atoms with E-state index in [4.69, 9.17) is 21.1 Å². The summed E-state index contributed by atoms with van der Waals surface area (Å²) in [6, 6.07) is 4.16. The summed E-state index contributed by atoms with van der Waals surface area (Å²) in [7, 11) is 0. The van der Waals surface area contributed by atoms with Gasteiger partial charge in [0.05, 0.1) is 6.61 Å². The molecule has 1 atom stereocenters. The molecule has 0 bridgehead atoms. The number of benzene rings is 1. The molecule has 72 valence electrons. The number of hydrogen-bond acceptors (Lipinski definition) is 4. The van der Waals surface area contributed by atoms with Gasteiger partial charge in [0.2, 0.25) is 0 Å². The number of aliphatic hydroxyl groups is 1. The Labute approximate surface area is 76.2 Å². The van der Waals surface area contributed by atoms with E-state index < -0.39 is 0 Å². The van der Waals surface area contributed by atoms with Crippen molar-refractivity contribution in [3.63, 3.8) is 0 Å². The normalized spacial score (nSPS) is 12.8. The van der Waals surface area contributed by atoms with Crippen LogP contribution >= 0.6 is 0 Å². The van der Waals surface area contributed by atoms with E-state index in [1.54, 1.807) is 6.07 Å². The van der Waals surface area contributed by atoms with Crippen LogP contribution in [0.1, 0.15) is 5.56 Å². The third-order valence-corrected chi connectivity index (χ3v) is 1.77. The second-order valence-corrected chi connectivity index (χ2v) is 2.97. The Kier molecular flexibility index (Phi) is 3.11. The average molecular weight is 183 g/mol. The molecule has 0 spiro atoms. The first-order valence-electron chi connectivity index (χ1n) is 4.00. The van der Waals surface area contributed by atoms with Crippen LogP contribution in [0.25, 0.3) is 0 Å². The highest BCUT2D eigenvalue weighted by Gasteiger charge is 2.04. The van der Waals surface area contributed by atoms with Gasteiger partial charge in [-0.25, -0.2) is 0 Å². The van der Waals surface area contributed by atoms with Gasteiger partial charge < -0.3 is 21.1 Å². The van der Waals surface area contributed by atoms with Gasteiger partial charge in [0.1, 0.15) is 0 Å². The Hall–Kier alpha value is -1.26. The maximum atomic E-state index is 9.13. The summed E-state index contributed by atoms with van der Waals surface area (Å²) in [6.07, 6.45) is 0.477. The Bertz CT molecular complexity index is 288. The van der Waals surface area contributed by atoms with Crippen LogP contribution in [-0.2, 0) is 6.42 Å². The molecule has 0 aromatic heterocycles. The zero-order chi connectivity index (χ0) is 9.84. The standard InChI is InChI=1S/C9H13NO3/c10-7(5-11)3-6-1-2-8(12)9(13)4-6/h1-2,4,7,11-13H,3,5,10H2/t7-/m0/s1. The molecule has 0 heterocycles. The number of aliphatic hydroxyl groups excluding tert-OH is 1. The zero-order valence-corrected chi connectivity index (χ0v) is 7.14. The van der Waals surface area contributed by atoms with E-state index in [9.17, 15) is 0 Å². The first-order chi connectivity index (χ1) is 6.13. The van der Waals surface area contributed by atoms with E-state index in [2.05, 4.69) is 0 Å². The number of phenols is 2. The molecule has 0 aliphatic rings. The summed E-state index contributed by atoms with van der Waals surface area (Å²) >= 11 is 0. The van der Waals surface area contributed by atoms with Crippen molar-refractivity contribution >= 4 is 0 Å². The monoisotopic (exact) mass is 183 g/mol. The smallest absolute Gasteiger partial charge is 0.157 e. The van der Waals surface area contributed by atoms with Crippen LogP contribution in [0.3, 0.4) is 0 Å². The van der Waals surface area contributed by atoms with Crippen LogP contribution in [0.15, 0.2) is 18.2 Å². The maximum Gasteiger partial charge on any atom is 0.157 e. The second-order valence-electron chi connectivity index (χ2n) is 2.97. The van der Waals surface area contributed by atoms with Gasteiger partial charge in [-0.3, -0.25) is 0 Å². The van der Waals surface area contributed by atoms with Gasteiger partial charge >= 0.3 is 0 Å². The fourth-order valence-electron chi connectivity index (χ4n) is 1.06. The van der Waals surface area contributed by atoms with Crippen molar-refractivity contribution in [2.45, 2.75) is 12.5 Å². The summed E-state index contributed by atoms with van der Waals surface area (Å²) in [6.45, 7) is -0.0956. The summed E-state index contributed by atoms with van der Waals surface area (Å²) in [5.41, 5.74) is 6.29. The lowest BCUT2D eigenvalue weighted by Gasteiger charge is -2.08. The van der Waals surface area contributed by atoms with Gasteiger partial charge in [0.15, 0.2) is 11.5 Å². The molecule has 0 aliphatic heterocycles. The lowest BCUT2D eigenvalue weighted by atomic mass is 10.1. The van der Waals surface area contributed by atoms with Crippen LogP contribution in [0.5, 0.6) is 11.5 Å². The first kappa shape index (κ1) is 9.83. The average Bonchev–Trinajstić information content (AvgIpc) is 2.11. The van der Waals surface area contributed by atoms with Crippen molar-refractivity contribution in [1.82, 2.24) is 0 Å². The predicted octanol–water partition coefficient (Wildman–Crippen LogP) is -0.0401. The molecule has 4 nitrogen and oxygen atoms in total. The molecule has 1 aromatic rings. The van der Waals surface area contributed by atoms with E-state index in [-0.39, 0.29) is 24.1 Å². The zero-order valence-electron chi connectivity index (χ0n) is 7.14. The van der Waals surface area contributed by atoms with E-state index in [0.29, 0.717) is 6.42 Å². The van der Waals surface area contributed by atoms with Crippen LogP contribution in [0, 0.1) is 0 Å². The van der Waals surface area contributed by atoms with Crippen molar-refractivity contribution in [1.29, 1.82) is 0 Å². The van der Waals surface area contributed by atoms with E-state index in [1.807, 2.05) is 0 Å². The molecule has 13 heavy (non-hydrogen) atoms. The van der Waals surface area contributed by atoms with Gasteiger partial charge in [-0.1, -0.05) is 6.07 Å². The molecule has 5 N–H and O–H groups in total. The molecular weight excluding hydrogens is 170 g/mol. The Balaban J connectivity index is 2.73. The fourth-order valence-corrected chi connectivity index (χ4v) is 1.06. The topological polar surface area (TPSA) is 86.7 Å². The minimum Gasteiger partial charge on any atom is -0.504 e. The van der Waals surface area contributed by atoms with Crippen LogP contribution in [0.2, 0.25) is 0 Å². The highest BCUT2D eigenvalue weighted by Crippen LogP contribution is 2.25. The third kappa shape index (κ3) is 2.61. The Morgan fingerprint density at radius 3 is 2.46 bits per heavy atom. The number of aromatic hydroxyl groups is 2. The molecule has 0 saturated heterocycles. The molecule has 0 amide bonds. The van der Waals surface area contributed by atoms with Crippen molar-refractivity contribution in [3.8, 4) is 11.5 Å². The van der Waals surface area contributed by atoms with Gasteiger partial charge in [0.25, 0.3) is 0 Å². The van der Waals surface area contributed by atoms with Crippen molar-refractivity contribution < 1.29 is 15.3 Å². The molecule has 1 aromatic carbocycles. The third-order valence-electron chi connectivity index (χ3n) is 1.77. The quantitative estimate of drug-likeness (QED) is 0.495. The lowest BCUT2D eigenvalue weighted by Crippen LogP contribution is -2.26. The number of phenolic OH excluding ortho intramolecular Hbond substituents is 2. The molecule has 0 aliphatic carbocycles. The van der Waals surface area contributed by atoms with Crippen molar-refractivity contribution in [2.75, 3.05) is 6.61 Å². The number of nitrogens with two attached hydrogens (primary N) is 1. The Morgan fingerprint density at radius 1 is 1.23 bits per heavy atom. The van der Waals surface area contributed by atoms with Crippen LogP contribution in [0.4, 0.5) is 0 Å². The van der Waals surface area contributed by atoms with E-state index in [1.165, 1.54) is 12.1 Å². The molecule has 0 unspecified atom stereocenters. The molecule has 1 rings (SSSR count). The maximum absolute atomic E-state index is 9.13. The van der Waals surface area contributed by atoms with Gasteiger partial charge in [0, 0.05) is 6.04 Å². The summed E-state index contributed by atoms with van der Waals surface area (Å²) in [4.78, 5) is 0. The molecule has 0 saturated carbocycles. The van der Waals surface area contributed by atoms with Crippen LogP contribution in [-0.4, -0.2) is 28.0 Å². The summed E-state index contributed by atoms with van der Waals surface area (Å²) < 4.78 is 0. The van der Waals surface area contributed by atoms with Gasteiger partial charge in [-0.2, -0.15) is 0 Å². The summed E-state index contributed by atoms with van der Waals surface area (Å²) in [5.74, 6) is -0.316. The highest BCUT2D eigenvalue weighted by molar-refractivity contribution is 5.40. The van der Waals surface area contributed by atoms with E-state index in [0.717, 1.165) is 5.56 Å². The SMILES string of the molecule is N[C@H](CO)Cc1ccc(O)c(O)c1. The predicted molar refractivity (Wildman–Crippen MR) is 48.5 cm³/mol. The minimum atomic E-state index is -0.330. The molecule has 0 radical (unpaired) electrons. The van der Waals surface area contributed by atoms with E-state index >= 15 is 0 Å². The molecule has 0 fully saturated rings. The summed E-state index contributed by atoms with van der Waals surface area (Å²) in [5, 5.41) is 26.8. The van der Waals surface area contributed by atoms with Crippen molar-refractivity contribution in [3.05, 3.63) is 23.8 Å². The number of rotatable bonds is 3. The van der Waals surface area contributed by atoms with Crippen LogP contribution < -0.4 is 5.73 Å². The largest absolute Gasteiger partial charge is 0.504 e. The highest BCUT2D eigenvalue weighted by atomic mass is 16.3. The van der Waals surface area contributed by atoms with Crippen molar-refractivity contribution in [2.24, 2.45) is 5.73 Å². The first-order valence-corrected chi connectivity index (χ1v) is 4.00. The number of hydrogen-bond donors (Lipinski definition) is 4. The van der Waals surface area contributed by atoms with Gasteiger partial charge in [-0.15, -0.1) is 0 Å². The lowest BCUT2D eigenvalue weighted by molar-refractivity contribution is 0.265. The second kappa shape index (κ2) is 4.11. The Morgan fingerprint density at radius 2 is 1.92 bits per heavy atom. The molecule has 4 heteroatoms. The molecular formula is C9H13NO3. The van der Waals surface area contributed by atoms with Gasteiger partial charge in [-0.05, 0) is 24.1 Å². The minimum absolute atomic E-state index is 0.0956.